The van der Waals surface area contributed by atoms with Crippen molar-refractivity contribution >= 4 is 10.0 Å². The molecule has 1 heterocycles. The van der Waals surface area contributed by atoms with Gasteiger partial charge in [0, 0.05) is 19.1 Å². The Balaban J connectivity index is 2.56. The summed E-state index contributed by atoms with van der Waals surface area (Å²) in [6, 6.07) is 0.180. The lowest BCUT2D eigenvalue weighted by atomic mass is 10.1. The van der Waals surface area contributed by atoms with Crippen LogP contribution in [0, 0.1) is 5.92 Å². The van der Waals surface area contributed by atoms with E-state index in [-0.39, 0.29) is 6.04 Å². The molecule has 96 valence electrons. The number of piperidine rings is 1. The fourth-order valence-corrected chi connectivity index (χ4v) is 4.13. The van der Waals surface area contributed by atoms with Crippen LogP contribution < -0.4 is 5.73 Å². The van der Waals surface area contributed by atoms with E-state index in [9.17, 15) is 8.42 Å². The smallest absolute Gasteiger partial charge is 0.214 e. The van der Waals surface area contributed by atoms with Crippen molar-refractivity contribution in [2.24, 2.45) is 11.7 Å². The first kappa shape index (κ1) is 13.9. The Morgan fingerprint density at radius 1 is 1.25 bits per heavy atom. The van der Waals surface area contributed by atoms with Gasteiger partial charge in [0.15, 0.2) is 0 Å². The zero-order valence-corrected chi connectivity index (χ0v) is 11.2. The van der Waals surface area contributed by atoms with E-state index in [0.717, 1.165) is 25.7 Å². The van der Waals surface area contributed by atoms with Crippen LogP contribution in [-0.4, -0.2) is 37.6 Å². The number of hydrogen-bond acceptors (Lipinski definition) is 3. The Morgan fingerprint density at radius 2 is 1.75 bits per heavy atom. The molecule has 0 bridgehead atoms. The van der Waals surface area contributed by atoms with E-state index < -0.39 is 10.0 Å². The molecule has 16 heavy (non-hydrogen) atoms. The lowest BCUT2D eigenvalue weighted by Gasteiger charge is -2.30. The number of nitrogens with two attached hydrogens (primary N) is 1. The quantitative estimate of drug-likeness (QED) is 0.794. The van der Waals surface area contributed by atoms with Crippen molar-refractivity contribution in [3.63, 3.8) is 0 Å². The highest BCUT2D eigenvalue weighted by Crippen LogP contribution is 2.18. The molecule has 0 saturated carbocycles. The molecule has 2 N–H and O–H groups in total. The summed E-state index contributed by atoms with van der Waals surface area (Å²) in [7, 11) is -3.05. The Labute approximate surface area is 99.2 Å². The van der Waals surface area contributed by atoms with Gasteiger partial charge in [0.1, 0.15) is 0 Å². The molecule has 1 aliphatic heterocycles. The molecule has 0 atom stereocenters. The van der Waals surface area contributed by atoms with Crippen LogP contribution >= 0.6 is 0 Å². The molecule has 1 rings (SSSR count). The molecule has 5 heteroatoms. The molecule has 0 amide bonds. The predicted molar refractivity (Wildman–Crippen MR) is 66.6 cm³/mol. The van der Waals surface area contributed by atoms with Crippen molar-refractivity contribution < 1.29 is 8.42 Å². The van der Waals surface area contributed by atoms with E-state index >= 15 is 0 Å². The van der Waals surface area contributed by atoms with E-state index in [0.29, 0.717) is 24.8 Å². The minimum Gasteiger partial charge on any atom is -0.328 e. The maximum Gasteiger partial charge on any atom is 0.214 e. The first-order chi connectivity index (χ1) is 7.49. The van der Waals surface area contributed by atoms with Gasteiger partial charge in [-0.1, -0.05) is 26.7 Å². The summed E-state index contributed by atoms with van der Waals surface area (Å²) in [5.41, 5.74) is 5.77. The van der Waals surface area contributed by atoms with Gasteiger partial charge in [0.25, 0.3) is 0 Å². The van der Waals surface area contributed by atoms with Gasteiger partial charge in [-0.05, 0) is 18.8 Å². The van der Waals surface area contributed by atoms with Gasteiger partial charge in [0.2, 0.25) is 10.0 Å². The van der Waals surface area contributed by atoms with Crippen LogP contribution in [0.5, 0.6) is 0 Å². The summed E-state index contributed by atoms with van der Waals surface area (Å²) < 4.78 is 25.8. The molecule has 1 saturated heterocycles. The molecule has 1 aliphatic rings. The third kappa shape index (κ3) is 3.71. The Bertz CT molecular complexity index is 291. The van der Waals surface area contributed by atoms with Gasteiger partial charge in [-0.25, -0.2) is 12.7 Å². The third-order valence-corrected chi connectivity index (χ3v) is 5.54. The standard InChI is InChI=1S/C11H24N2O2S/c1-3-10(4-2)9-16(14,15)13-7-5-11(12)6-8-13/h10-11H,3-9,12H2,1-2H3. The zero-order valence-electron chi connectivity index (χ0n) is 10.4. The zero-order chi connectivity index (χ0) is 12.2. The molecule has 0 aromatic carbocycles. The van der Waals surface area contributed by atoms with Crippen LogP contribution in [0.15, 0.2) is 0 Å². The molecular weight excluding hydrogens is 224 g/mol. The van der Waals surface area contributed by atoms with Gasteiger partial charge in [-0.15, -0.1) is 0 Å². The summed E-state index contributed by atoms with van der Waals surface area (Å²) in [5, 5.41) is 0. The Hall–Kier alpha value is -0.130. The lowest BCUT2D eigenvalue weighted by molar-refractivity contribution is 0.317. The molecular formula is C11H24N2O2S. The van der Waals surface area contributed by atoms with Crippen LogP contribution in [-0.2, 0) is 10.0 Å². The molecule has 0 unspecified atom stereocenters. The van der Waals surface area contributed by atoms with Crippen molar-refractivity contribution in [1.29, 1.82) is 0 Å². The molecule has 1 fully saturated rings. The van der Waals surface area contributed by atoms with E-state index in [4.69, 9.17) is 5.73 Å². The van der Waals surface area contributed by atoms with E-state index in [1.165, 1.54) is 0 Å². The molecule has 0 radical (unpaired) electrons. The van der Waals surface area contributed by atoms with Crippen molar-refractivity contribution in [2.75, 3.05) is 18.8 Å². The number of rotatable bonds is 5. The lowest BCUT2D eigenvalue weighted by Crippen LogP contribution is -2.44. The monoisotopic (exact) mass is 248 g/mol. The van der Waals surface area contributed by atoms with Gasteiger partial charge < -0.3 is 5.73 Å². The highest BCUT2D eigenvalue weighted by atomic mass is 32.2. The Kier molecular flexibility index (Phi) is 5.21. The van der Waals surface area contributed by atoms with Crippen molar-refractivity contribution in [1.82, 2.24) is 4.31 Å². The van der Waals surface area contributed by atoms with Gasteiger partial charge in [-0.3, -0.25) is 0 Å². The van der Waals surface area contributed by atoms with Crippen molar-refractivity contribution in [3.05, 3.63) is 0 Å². The maximum absolute atomic E-state index is 12.1. The summed E-state index contributed by atoms with van der Waals surface area (Å²) in [6.07, 6.45) is 3.45. The topological polar surface area (TPSA) is 63.4 Å². The summed E-state index contributed by atoms with van der Waals surface area (Å²) in [4.78, 5) is 0. The van der Waals surface area contributed by atoms with E-state index in [1.807, 2.05) is 0 Å². The van der Waals surface area contributed by atoms with Crippen LogP contribution in [0.3, 0.4) is 0 Å². The SMILES string of the molecule is CCC(CC)CS(=O)(=O)N1CCC(N)CC1. The summed E-state index contributed by atoms with van der Waals surface area (Å²) in [6.45, 7) is 5.30. The first-order valence-electron chi connectivity index (χ1n) is 6.23. The average Bonchev–Trinajstić information content (AvgIpc) is 2.26. The second kappa shape index (κ2) is 5.98. The molecule has 0 aromatic heterocycles. The maximum atomic E-state index is 12.1. The van der Waals surface area contributed by atoms with Crippen LogP contribution in [0.1, 0.15) is 39.5 Å². The summed E-state index contributed by atoms with van der Waals surface area (Å²) in [5.74, 6) is 0.593. The van der Waals surface area contributed by atoms with Crippen molar-refractivity contribution in [3.8, 4) is 0 Å². The number of hydrogen-bond donors (Lipinski definition) is 1. The normalized spacial score (nSPS) is 20.5. The van der Waals surface area contributed by atoms with Crippen LogP contribution in [0.25, 0.3) is 0 Å². The second-order valence-electron chi connectivity index (χ2n) is 4.70. The average molecular weight is 248 g/mol. The fourth-order valence-electron chi connectivity index (χ4n) is 2.08. The fraction of sp³-hybridized carbons (Fsp3) is 1.00. The van der Waals surface area contributed by atoms with Gasteiger partial charge in [-0.2, -0.15) is 0 Å². The molecule has 0 aliphatic carbocycles. The van der Waals surface area contributed by atoms with Crippen LogP contribution in [0.2, 0.25) is 0 Å². The van der Waals surface area contributed by atoms with Crippen LogP contribution in [0.4, 0.5) is 0 Å². The van der Waals surface area contributed by atoms with Gasteiger partial charge >= 0.3 is 0 Å². The minimum absolute atomic E-state index is 0.180. The number of nitrogens with zero attached hydrogens (tertiary/aromatic N) is 1. The highest BCUT2D eigenvalue weighted by molar-refractivity contribution is 7.89. The predicted octanol–water partition coefficient (Wildman–Crippen LogP) is 1.18. The Morgan fingerprint density at radius 3 is 2.19 bits per heavy atom. The molecule has 0 aromatic rings. The molecule has 0 spiro atoms. The van der Waals surface area contributed by atoms with E-state index in [2.05, 4.69) is 13.8 Å². The summed E-state index contributed by atoms with van der Waals surface area (Å²) >= 11 is 0. The minimum atomic E-state index is -3.05. The largest absolute Gasteiger partial charge is 0.328 e. The highest BCUT2D eigenvalue weighted by Gasteiger charge is 2.28. The van der Waals surface area contributed by atoms with E-state index in [1.54, 1.807) is 4.31 Å². The second-order valence-corrected chi connectivity index (χ2v) is 6.71. The first-order valence-corrected chi connectivity index (χ1v) is 7.83. The van der Waals surface area contributed by atoms with Gasteiger partial charge in [0.05, 0.1) is 5.75 Å². The number of sulfonamides is 1. The molecule has 4 nitrogen and oxygen atoms in total. The third-order valence-electron chi connectivity index (χ3n) is 3.49. The van der Waals surface area contributed by atoms with Crippen molar-refractivity contribution in [2.45, 2.75) is 45.6 Å².